The number of nitrogens with zero attached hydrogens (tertiary/aromatic N) is 2. The number of nitrogens with one attached hydrogen (secondary N) is 1. The molecule has 0 bridgehead atoms. The highest BCUT2D eigenvalue weighted by Crippen LogP contribution is 2.40. The summed E-state index contributed by atoms with van der Waals surface area (Å²) in [4.78, 5) is 32.1. The molecule has 1 aliphatic carbocycles. The van der Waals surface area contributed by atoms with Crippen LogP contribution in [-0.4, -0.2) is 48.5 Å². The smallest absolute Gasteiger partial charge is 0.254 e. The Morgan fingerprint density at radius 2 is 1.76 bits per heavy atom. The zero-order valence-electron chi connectivity index (χ0n) is 19.3. The van der Waals surface area contributed by atoms with Crippen LogP contribution in [0.25, 0.3) is 10.9 Å². The first-order chi connectivity index (χ1) is 16.0. The Bertz CT molecular complexity index is 1170. The zero-order valence-corrected chi connectivity index (χ0v) is 19.3. The summed E-state index contributed by atoms with van der Waals surface area (Å²) in [5, 5.41) is 3.64. The highest BCUT2D eigenvalue weighted by molar-refractivity contribution is 6.07. The molecular weight excluding hydrogens is 418 g/mol. The van der Waals surface area contributed by atoms with Crippen molar-refractivity contribution in [3.63, 3.8) is 0 Å². The molecule has 2 aromatic carbocycles. The second-order valence-electron chi connectivity index (χ2n) is 8.12. The van der Waals surface area contributed by atoms with Crippen LogP contribution in [0.2, 0.25) is 0 Å². The van der Waals surface area contributed by atoms with Gasteiger partial charge in [0.25, 0.3) is 5.91 Å². The molecule has 0 aliphatic heterocycles. The van der Waals surface area contributed by atoms with Crippen molar-refractivity contribution in [2.24, 2.45) is 0 Å². The number of carbonyl (C=O) groups excluding carboxylic acids is 2. The number of para-hydroxylation sites is 1. The van der Waals surface area contributed by atoms with E-state index < -0.39 is 0 Å². The summed E-state index contributed by atoms with van der Waals surface area (Å²) in [6.45, 7) is 4.71. The summed E-state index contributed by atoms with van der Waals surface area (Å²) >= 11 is 0. The van der Waals surface area contributed by atoms with Gasteiger partial charge in [-0.3, -0.25) is 14.6 Å². The van der Waals surface area contributed by atoms with Crippen LogP contribution in [0.5, 0.6) is 11.5 Å². The molecule has 172 valence electrons. The van der Waals surface area contributed by atoms with Crippen molar-refractivity contribution in [3.8, 4) is 11.5 Å². The van der Waals surface area contributed by atoms with Crippen molar-refractivity contribution in [2.45, 2.75) is 32.6 Å². The van der Waals surface area contributed by atoms with E-state index in [9.17, 15) is 9.59 Å². The number of fused-ring (bicyclic) bond motifs is 1. The SMILES string of the molecule is CCOc1ccc(NC(=O)CN(C)C(=O)c2cc(C3CC3)nc3ccccc23)cc1OCC. The van der Waals surface area contributed by atoms with E-state index in [1.54, 1.807) is 25.2 Å². The molecule has 7 nitrogen and oxygen atoms in total. The Balaban J connectivity index is 1.48. The lowest BCUT2D eigenvalue weighted by molar-refractivity contribution is -0.116. The second-order valence-corrected chi connectivity index (χ2v) is 8.12. The van der Waals surface area contributed by atoms with Gasteiger partial charge >= 0.3 is 0 Å². The molecule has 1 aliphatic rings. The maximum atomic E-state index is 13.3. The lowest BCUT2D eigenvalue weighted by Crippen LogP contribution is -2.35. The predicted molar refractivity (Wildman–Crippen MR) is 128 cm³/mol. The van der Waals surface area contributed by atoms with E-state index >= 15 is 0 Å². The van der Waals surface area contributed by atoms with Gasteiger partial charge in [0, 0.05) is 35.8 Å². The molecule has 4 rings (SSSR count). The Morgan fingerprint density at radius 3 is 2.48 bits per heavy atom. The minimum Gasteiger partial charge on any atom is -0.490 e. The van der Waals surface area contributed by atoms with E-state index in [0.29, 0.717) is 41.9 Å². The van der Waals surface area contributed by atoms with Gasteiger partial charge in [0.05, 0.1) is 30.8 Å². The standard InChI is InChI=1S/C26H29N3O4/c1-4-32-23-13-12-18(14-24(23)33-5-2)27-25(30)16-29(3)26(31)20-15-22(17-10-11-17)28-21-9-7-6-8-19(20)21/h6-9,12-15,17H,4-5,10-11,16H2,1-3H3,(H,27,30). The largest absolute Gasteiger partial charge is 0.490 e. The van der Waals surface area contributed by atoms with Crippen molar-refractivity contribution in [2.75, 3.05) is 32.1 Å². The molecular formula is C26H29N3O4. The number of aromatic nitrogens is 1. The number of hydrogen-bond donors (Lipinski definition) is 1. The highest BCUT2D eigenvalue weighted by Gasteiger charge is 2.27. The summed E-state index contributed by atoms with van der Waals surface area (Å²) in [5.74, 6) is 1.12. The van der Waals surface area contributed by atoms with Gasteiger partial charge in [-0.1, -0.05) is 18.2 Å². The van der Waals surface area contributed by atoms with Crippen LogP contribution < -0.4 is 14.8 Å². The number of rotatable bonds is 9. The van der Waals surface area contributed by atoms with Crippen molar-refractivity contribution in [1.82, 2.24) is 9.88 Å². The number of pyridine rings is 1. The Kier molecular flexibility index (Phi) is 6.77. The van der Waals surface area contributed by atoms with E-state index in [4.69, 9.17) is 14.5 Å². The Morgan fingerprint density at radius 1 is 1.03 bits per heavy atom. The average molecular weight is 448 g/mol. The maximum Gasteiger partial charge on any atom is 0.254 e. The van der Waals surface area contributed by atoms with E-state index in [2.05, 4.69) is 5.32 Å². The number of likely N-dealkylation sites (N-methyl/N-ethyl adjacent to an activating group) is 1. The van der Waals surface area contributed by atoms with Gasteiger partial charge in [0.2, 0.25) is 5.91 Å². The molecule has 33 heavy (non-hydrogen) atoms. The molecule has 1 fully saturated rings. The molecule has 7 heteroatoms. The van der Waals surface area contributed by atoms with Crippen LogP contribution in [0.3, 0.4) is 0 Å². The Hall–Kier alpha value is -3.61. The van der Waals surface area contributed by atoms with Gasteiger partial charge in [-0.15, -0.1) is 0 Å². The molecule has 0 radical (unpaired) electrons. The van der Waals surface area contributed by atoms with Gasteiger partial charge in [-0.25, -0.2) is 0 Å². The number of carbonyl (C=O) groups is 2. The van der Waals surface area contributed by atoms with Crippen LogP contribution >= 0.6 is 0 Å². The summed E-state index contributed by atoms with van der Waals surface area (Å²) in [6.07, 6.45) is 2.20. The van der Waals surface area contributed by atoms with Crippen molar-refractivity contribution in [3.05, 3.63) is 59.8 Å². The summed E-state index contributed by atoms with van der Waals surface area (Å²) in [6, 6.07) is 14.8. The lowest BCUT2D eigenvalue weighted by Gasteiger charge is -2.19. The van der Waals surface area contributed by atoms with Crippen molar-refractivity contribution < 1.29 is 19.1 Å². The molecule has 0 spiro atoms. The fourth-order valence-electron chi connectivity index (χ4n) is 3.78. The number of amides is 2. The average Bonchev–Trinajstić information content (AvgIpc) is 3.65. The Labute approximate surface area is 193 Å². The van der Waals surface area contributed by atoms with E-state index in [0.717, 1.165) is 29.4 Å². The first-order valence-corrected chi connectivity index (χ1v) is 11.3. The topological polar surface area (TPSA) is 80.8 Å². The third-order valence-electron chi connectivity index (χ3n) is 5.52. The molecule has 0 unspecified atom stereocenters. The van der Waals surface area contributed by atoms with Gasteiger partial charge in [-0.05, 0) is 51.0 Å². The fourth-order valence-corrected chi connectivity index (χ4v) is 3.78. The maximum absolute atomic E-state index is 13.3. The van der Waals surface area contributed by atoms with Crippen LogP contribution in [-0.2, 0) is 4.79 Å². The summed E-state index contributed by atoms with van der Waals surface area (Å²) in [5.41, 5.74) is 2.92. The molecule has 1 saturated carbocycles. The first-order valence-electron chi connectivity index (χ1n) is 11.3. The van der Waals surface area contributed by atoms with Gasteiger partial charge in [-0.2, -0.15) is 0 Å². The third-order valence-corrected chi connectivity index (χ3v) is 5.52. The van der Waals surface area contributed by atoms with E-state index in [1.807, 2.05) is 44.2 Å². The van der Waals surface area contributed by atoms with Gasteiger partial charge in [0.1, 0.15) is 0 Å². The molecule has 0 saturated heterocycles. The van der Waals surface area contributed by atoms with Crippen LogP contribution in [0, 0.1) is 0 Å². The molecule has 1 heterocycles. The van der Waals surface area contributed by atoms with E-state index in [-0.39, 0.29) is 18.4 Å². The third kappa shape index (κ3) is 5.25. The molecule has 3 aromatic rings. The minimum absolute atomic E-state index is 0.0780. The normalized spacial score (nSPS) is 12.9. The summed E-state index contributed by atoms with van der Waals surface area (Å²) in [7, 11) is 1.64. The molecule has 0 atom stereocenters. The first kappa shape index (κ1) is 22.6. The molecule has 1 N–H and O–H groups in total. The van der Waals surface area contributed by atoms with Crippen LogP contribution in [0.4, 0.5) is 5.69 Å². The molecule has 2 amide bonds. The number of anilines is 1. The predicted octanol–water partition coefficient (Wildman–Crippen LogP) is 4.62. The molecule has 1 aromatic heterocycles. The minimum atomic E-state index is -0.293. The van der Waals surface area contributed by atoms with Crippen LogP contribution in [0.1, 0.15) is 48.7 Å². The number of hydrogen-bond acceptors (Lipinski definition) is 5. The summed E-state index contributed by atoms with van der Waals surface area (Å²) < 4.78 is 11.2. The number of ether oxygens (including phenoxy) is 2. The van der Waals surface area contributed by atoms with Gasteiger partial charge in [0.15, 0.2) is 11.5 Å². The van der Waals surface area contributed by atoms with Crippen molar-refractivity contribution in [1.29, 1.82) is 0 Å². The second kappa shape index (κ2) is 9.90. The highest BCUT2D eigenvalue weighted by atomic mass is 16.5. The monoisotopic (exact) mass is 447 g/mol. The number of benzene rings is 2. The van der Waals surface area contributed by atoms with Gasteiger partial charge < -0.3 is 19.7 Å². The van der Waals surface area contributed by atoms with E-state index in [1.165, 1.54) is 4.90 Å². The quantitative estimate of drug-likeness (QED) is 0.518. The zero-order chi connectivity index (χ0) is 23.4. The van der Waals surface area contributed by atoms with Crippen molar-refractivity contribution >= 4 is 28.4 Å². The fraction of sp³-hybridized carbons (Fsp3) is 0.346. The van der Waals surface area contributed by atoms with Crippen LogP contribution in [0.15, 0.2) is 48.5 Å². The lowest BCUT2D eigenvalue weighted by atomic mass is 10.0.